The summed E-state index contributed by atoms with van der Waals surface area (Å²) < 4.78 is 30.7. The van der Waals surface area contributed by atoms with Crippen LogP contribution in [0.5, 0.6) is 0 Å². The number of aromatic nitrogens is 2. The maximum Gasteiger partial charge on any atom is 0.268 e. The molecule has 1 aliphatic heterocycles. The number of pyridine rings is 1. The summed E-state index contributed by atoms with van der Waals surface area (Å²) in [6, 6.07) is 11.9. The normalized spacial score (nSPS) is 19.7. The van der Waals surface area contributed by atoms with Gasteiger partial charge in [0.1, 0.15) is 11.7 Å². The lowest BCUT2D eigenvalue weighted by Crippen LogP contribution is -2.51. The summed E-state index contributed by atoms with van der Waals surface area (Å²) in [5.74, 6) is -4.43. The molecule has 39 heavy (non-hydrogen) atoms. The van der Waals surface area contributed by atoms with Gasteiger partial charge < -0.3 is 15.2 Å². The van der Waals surface area contributed by atoms with E-state index >= 15 is 0 Å². The third kappa shape index (κ3) is 5.88. The molecule has 0 saturated heterocycles. The Kier molecular flexibility index (Phi) is 7.53. The highest BCUT2D eigenvalue weighted by atomic mass is 19.3. The Morgan fingerprint density at radius 1 is 1.08 bits per heavy atom. The van der Waals surface area contributed by atoms with E-state index in [1.54, 1.807) is 24.4 Å². The summed E-state index contributed by atoms with van der Waals surface area (Å²) in [6.45, 7) is 6.15. The summed E-state index contributed by atoms with van der Waals surface area (Å²) in [4.78, 5) is 33.4. The molecule has 1 saturated carbocycles. The average Bonchev–Trinajstić information content (AvgIpc) is 3.30. The van der Waals surface area contributed by atoms with Crippen molar-refractivity contribution in [3.05, 3.63) is 71.3 Å². The van der Waals surface area contributed by atoms with Crippen LogP contribution < -0.4 is 10.6 Å². The van der Waals surface area contributed by atoms with Crippen LogP contribution in [0.1, 0.15) is 53.1 Å². The van der Waals surface area contributed by atoms with Gasteiger partial charge in [0, 0.05) is 61.3 Å². The number of fused-ring (bicyclic) bond motifs is 1. The highest BCUT2D eigenvalue weighted by molar-refractivity contribution is 6.01. The van der Waals surface area contributed by atoms with Crippen LogP contribution >= 0.6 is 0 Å². The van der Waals surface area contributed by atoms with Gasteiger partial charge in [-0.1, -0.05) is 12.1 Å². The van der Waals surface area contributed by atoms with Gasteiger partial charge in [-0.05, 0) is 81.1 Å². The first-order valence-corrected chi connectivity index (χ1v) is 13.5. The molecule has 0 unspecified atom stereocenters. The Balaban J connectivity index is 1.36. The van der Waals surface area contributed by atoms with Crippen molar-refractivity contribution < 1.29 is 18.4 Å². The molecule has 2 aromatic heterocycles. The molecule has 2 amide bonds. The molecule has 2 atom stereocenters. The molecular weight excluding hydrogens is 500 g/mol. The van der Waals surface area contributed by atoms with Gasteiger partial charge in [-0.3, -0.25) is 19.5 Å². The van der Waals surface area contributed by atoms with E-state index in [1.807, 2.05) is 49.7 Å². The summed E-state index contributed by atoms with van der Waals surface area (Å²) >= 11 is 0. The van der Waals surface area contributed by atoms with Crippen LogP contribution in [-0.4, -0.2) is 51.8 Å². The van der Waals surface area contributed by atoms with Crippen LogP contribution in [0.3, 0.4) is 0 Å². The van der Waals surface area contributed by atoms with Crippen molar-refractivity contribution in [3.8, 4) is 11.1 Å². The van der Waals surface area contributed by atoms with Crippen molar-refractivity contribution in [2.75, 3.05) is 18.9 Å². The zero-order valence-electron chi connectivity index (χ0n) is 22.6. The number of rotatable bonds is 6. The smallest absolute Gasteiger partial charge is 0.268 e. The van der Waals surface area contributed by atoms with Gasteiger partial charge in [0.25, 0.3) is 5.91 Å². The van der Waals surface area contributed by atoms with E-state index < -0.39 is 36.1 Å². The fourth-order valence-electron chi connectivity index (χ4n) is 5.92. The number of carbonyl (C=O) groups is 2. The molecule has 5 rings (SSSR count). The Hall–Kier alpha value is -3.59. The first-order valence-electron chi connectivity index (χ1n) is 13.5. The number of anilines is 1. The van der Waals surface area contributed by atoms with Crippen molar-refractivity contribution in [1.82, 2.24) is 19.8 Å². The Morgan fingerprint density at radius 3 is 2.56 bits per heavy atom. The standard InChI is InChI=1S/C30H35F2N5O2/c1-19-12-14-33-20(2)26(19)21-6-8-23(9-7-21)34-29(39)27(22-5-4-13-30(31,32)17-22)35-28(38)25-11-10-24-18-36(3)15-16-37(24)25/h6-12,14,22,27H,4-5,13,15-18H2,1-3H3,(H,34,39)(H,35,38)/t22-,27-/m0/s1. The molecule has 3 heterocycles. The van der Waals surface area contributed by atoms with Crippen LogP contribution in [0.2, 0.25) is 0 Å². The molecular formula is C30H35F2N5O2. The van der Waals surface area contributed by atoms with E-state index in [0.29, 0.717) is 30.8 Å². The lowest BCUT2D eigenvalue weighted by Gasteiger charge is -2.34. The lowest BCUT2D eigenvalue weighted by atomic mass is 9.81. The number of alkyl halides is 2. The minimum Gasteiger partial charge on any atom is -0.339 e. The first-order chi connectivity index (χ1) is 18.6. The number of aryl methyl sites for hydroxylation is 2. The van der Waals surface area contributed by atoms with E-state index in [0.717, 1.165) is 41.2 Å². The fourth-order valence-corrected chi connectivity index (χ4v) is 5.92. The number of carbonyl (C=O) groups excluding carboxylic acids is 2. The summed E-state index contributed by atoms with van der Waals surface area (Å²) in [5.41, 5.74) is 6.01. The topological polar surface area (TPSA) is 79.3 Å². The van der Waals surface area contributed by atoms with Gasteiger partial charge in [-0.2, -0.15) is 0 Å². The highest BCUT2D eigenvalue weighted by Gasteiger charge is 2.42. The van der Waals surface area contributed by atoms with Crippen molar-refractivity contribution in [2.45, 2.75) is 64.6 Å². The predicted octanol–water partition coefficient (Wildman–Crippen LogP) is 5.17. The van der Waals surface area contributed by atoms with Crippen LogP contribution in [0.15, 0.2) is 48.7 Å². The first kappa shape index (κ1) is 27.0. The quantitative estimate of drug-likeness (QED) is 0.456. The number of halogens is 2. The van der Waals surface area contributed by atoms with Crippen LogP contribution in [0.25, 0.3) is 11.1 Å². The van der Waals surface area contributed by atoms with Crippen molar-refractivity contribution in [1.29, 1.82) is 0 Å². The Morgan fingerprint density at radius 2 is 1.85 bits per heavy atom. The molecule has 2 aliphatic rings. The zero-order chi connectivity index (χ0) is 27.7. The van der Waals surface area contributed by atoms with Crippen LogP contribution in [0, 0.1) is 19.8 Å². The van der Waals surface area contributed by atoms with Crippen molar-refractivity contribution >= 4 is 17.5 Å². The summed E-state index contributed by atoms with van der Waals surface area (Å²) in [6.07, 6.45) is 1.90. The lowest BCUT2D eigenvalue weighted by molar-refractivity contribution is -0.121. The SMILES string of the molecule is Cc1ccnc(C)c1-c1ccc(NC(=O)[C@@H](NC(=O)c2ccc3n2CCN(C)C3)[C@H]2CCCC(F)(F)C2)cc1. The maximum atomic E-state index is 14.4. The molecule has 1 fully saturated rings. The monoisotopic (exact) mass is 535 g/mol. The highest BCUT2D eigenvalue weighted by Crippen LogP contribution is 2.38. The van der Waals surface area contributed by atoms with Crippen LogP contribution in [0.4, 0.5) is 14.5 Å². The molecule has 2 N–H and O–H groups in total. The molecule has 9 heteroatoms. The summed E-state index contributed by atoms with van der Waals surface area (Å²) in [7, 11) is 2.02. The second kappa shape index (κ2) is 10.9. The van der Waals surface area contributed by atoms with Crippen LogP contribution in [-0.2, 0) is 17.9 Å². The summed E-state index contributed by atoms with van der Waals surface area (Å²) in [5, 5.41) is 5.70. The van der Waals surface area contributed by atoms with Gasteiger partial charge in [0.15, 0.2) is 0 Å². The van der Waals surface area contributed by atoms with Gasteiger partial charge in [0.2, 0.25) is 11.8 Å². The largest absolute Gasteiger partial charge is 0.339 e. The molecule has 1 aromatic carbocycles. The minimum atomic E-state index is -2.86. The molecule has 3 aromatic rings. The molecule has 0 radical (unpaired) electrons. The predicted molar refractivity (Wildman–Crippen MR) is 147 cm³/mol. The van der Waals surface area contributed by atoms with Gasteiger partial charge >= 0.3 is 0 Å². The van der Waals surface area contributed by atoms with Crippen molar-refractivity contribution in [2.24, 2.45) is 5.92 Å². The van der Waals surface area contributed by atoms with Gasteiger partial charge in [0.05, 0.1) is 0 Å². The third-order valence-electron chi connectivity index (χ3n) is 7.95. The molecule has 206 valence electrons. The number of hydrogen-bond donors (Lipinski definition) is 2. The second-order valence-electron chi connectivity index (χ2n) is 10.9. The molecule has 1 aliphatic carbocycles. The maximum absolute atomic E-state index is 14.4. The Bertz CT molecular complexity index is 1350. The number of amides is 2. The van der Waals surface area contributed by atoms with Crippen molar-refractivity contribution in [3.63, 3.8) is 0 Å². The second-order valence-corrected chi connectivity index (χ2v) is 10.9. The van der Waals surface area contributed by atoms with E-state index in [1.165, 1.54) is 0 Å². The number of likely N-dealkylation sites (N-methyl/N-ethyl adjacent to an activating group) is 1. The number of nitrogens with one attached hydrogen (secondary N) is 2. The van der Waals surface area contributed by atoms with E-state index in [-0.39, 0.29) is 6.42 Å². The molecule has 7 nitrogen and oxygen atoms in total. The fraction of sp³-hybridized carbons (Fsp3) is 0.433. The number of nitrogens with zero attached hydrogens (tertiary/aromatic N) is 3. The van der Waals surface area contributed by atoms with E-state index in [9.17, 15) is 18.4 Å². The number of benzene rings is 1. The molecule has 0 spiro atoms. The van der Waals surface area contributed by atoms with Gasteiger partial charge in [-0.15, -0.1) is 0 Å². The third-order valence-corrected chi connectivity index (χ3v) is 7.95. The van der Waals surface area contributed by atoms with E-state index in [2.05, 4.69) is 20.5 Å². The van der Waals surface area contributed by atoms with E-state index in [4.69, 9.17) is 0 Å². The van der Waals surface area contributed by atoms with Gasteiger partial charge in [-0.25, -0.2) is 8.78 Å². The average molecular weight is 536 g/mol. The Labute approximate surface area is 227 Å². The molecule has 0 bridgehead atoms. The minimum absolute atomic E-state index is 0.194. The number of hydrogen-bond acceptors (Lipinski definition) is 4. The zero-order valence-corrected chi connectivity index (χ0v) is 22.6.